The molecule has 52 valence electrons. The van der Waals surface area contributed by atoms with Gasteiger partial charge in [0, 0.05) is 0 Å². The summed E-state index contributed by atoms with van der Waals surface area (Å²) in [6, 6.07) is 1.53. The second-order valence-electron chi connectivity index (χ2n) is 1.64. The molecular formula is C4H8NO3P. The van der Waals surface area contributed by atoms with Gasteiger partial charge in [0.05, 0.1) is 6.07 Å². The monoisotopic (exact) mass is 149 g/mol. The highest BCUT2D eigenvalue weighted by Crippen LogP contribution is 2.42. The molecule has 0 saturated carbocycles. The number of nitrogens with zero attached hydrogens (tertiary/aromatic N) is 1. The fraction of sp³-hybridized carbons (Fsp3) is 0.750. The van der Waals surface area contributed by atoms with E-state index in [1.165, 1.54) is 6.07 Å². The van der Waals surface area contributed by atoms with Gasteiger partial charge in [0.25, 0.3) is 0 Å². The van der Waals surface area contributed by atoms with Crippen LogP contribution >= 0.6 is 7.60 Å². The van der Waals surface area contributed by atoms with Crippen LogP contribution in [0.2, 0.25) is 0 Å². The van der Waals surface area contributed by atoms with Crippen LogP contribution < -0.4 is 0 Å². The van der Waals surface area contributed by atoms with Crippen LogP contribution in [0.5, 0.6) is 0 Å². The van der Waals surface area contributed by atoms with Gasteiger partial charge >= 0.3 is 7.60 Å². The lowest BCUT2D eigenvalue weighted by Gasteiger charge is -2.05. The zero-order valence-corrected chi connectivity index (χ0v) is 5.88. The van der Waals surface area contributed by atoms with Gasteiger partial charge in [-0.05, 0) is 6.42 Å². The second-order valence-corrected chi connectivity index (χ2v) is 3.44. The van der Waals surface area contributed by atoms with Crippen molar-refractivity contribution in [2.45, 2.75) is 19.0 Å². The van der Waals surface area contributed by atoms with Gasteiger partial charge in [-0.15, -0.1) is 0 Å². The van der Waals surface area contributed by atoms with Crippen molar-refractivity contribution in [1.29, 1.82) is 5.26 Å². The molecule has 0 bridgehead atoms. The molecule has 0 fully saturated rings. The molecule has 0 aliphatic heterocycles. The first-order valence-electron chi connectivity index (χ1n) is 2.47. The number of hydrogen-bond donors (Lipinski definition) is 2. The Morgan fingerprint density at radius 1 is 1.78 bits per heavy atom. The van der Waals surface area contributed by atoms with Crippen molar-refractivity contribution >= 4 is 7.60 Å². The summed E-state index contributed by atoms with van der Waals surface area (Å²) < 4.78 is 10.3. The molecule has 5 heteroatoms. The Bertz CT molecular complexity index is 167. The highest BCUT2D eigenvalue weighted by molar-refractivity contribution is 7.52. The molecule has 0 radical (unpaired) electrons. The predicted molar refractivity (Wildman–Crippen MR) is 31.7 cm³/mol. The first kappa shape index (κ1) is 8.64. The average molecular weight is 149 g/mol. The van der Waals surface area contributed by atoms with E-state index >= 15 is 0 Å². The lowest BCUT2D eigenvalue weighted by molar-refractivity contribution is 0.364. The Kier molecular flexibility index (Phi) is 2.86. The Hall–Kier alpha value is -0.360. The van der Waals surface area contributed by atoms with Crippen molar-refractivity contribution in [2.75, 3.05) is 0 Å². The minimum atomic E-state index is -4.14. The molecule has 0 aliphatic carbocycles. The van der Waals surface area contributed by atoms with Gasteiger partial charge in [-0.25, -0.2) is 0 Å². The minimum Gasteiger partial charge on any atom is -0.324 e. The Morgan fingerprint density at radius 3 is 2.22 bits per heavy atom. The lowest BCUT2D eigenvalue weighted by atomic mass is 10.4. The summed E-state index contributed by atoms with van der Waals surface area (Å²) in [6.45, 7) is 1.56. The fourth-order valence-corrected chi connectivity index (χ4v) is 1.03. The third-order valence-electron chi connectivity index (χ3n) is 0.942. The maximum atomic E-state index is 10.3. The van der Waals surface area contributed by atoms with Gasteiger partial charge < -0.3 is 9.79 Å². The molecule has 1 atom stereocenters. The van der Waals surface area contributed by atoms with Crippen LogP contribution in [0, 0.1) is 11.3 Å². The van der Waals surface area contributed by atoms with E-state index in [2.05, 4.69) is 0 Å². The topological polar surface area (TPSA) is 81.3 Å². The van der Waals surface area contributed by atoms with Crippen molar-refractivity contribution < 1.29 is 14.4 Å². The van der Waals surface area contributed by atoms with Gasteiger partial charge in [-0.1, -0.05) is 6.92 Å². The van der Waals surface area contributed by atoms with Crippen LogP contribution in [0.15, 0.2) is 0 Å². The van der Waals surface area contributed by atoms with Crippen LogP contribution in [0.25, 0.3) is 0 Å². The van der Waals surface area contributed by atoms with Gasteiger partial charge in [-0.2, -0.15) is 5.26 Å². The summed E-state index contributed by atoms with van der Waals surface area (Å²) >= 11 is 0. The van der Waals surface area contributed by atoms with E-state index in [4.69, 9.17) is 15.0 Å². The van der Waals surface area contributed by atoms with Gasteiger partial charge in [0.2, 0.25) is 0 Å². The number of rotatable bonds is 2. The summed E-state index contributed by atoms with van der Waals surface area (Å²) in [4.78, 5) is 16.7. The van der Waals surface area contributed by atoms with Gasteiger partial charge in [-0.3, -0.25) is 4.57 Å². The summed E-state index contributed by atoms with van der Waals surface area (Å²) in [5, 5.41) is 8.12. The molecule has 0 saturated heterocycles. The number of nitriles is 1. The summed E-state index contributed by atoms with van der Waals surface area (Å²) in [6.07, 6.45) is 0.195. The van der Waals surface area contributed by atoms with Gasteiger partial charge in [0.1, 0.15) is 5.66 Å². The van der Waals surface area contributed by atoms with Crippen LogP contribution in [0.1, 0.15) is 13.3 Å². The minimum absolute atomic E-state index is 0.195. The van der Waals surface area contributed by atoms with E-state index in [1.54, 1.807) is 6.92 Å². The van der Waals surface area contributed by atoms with Gasteiger partial charge in [0.15, 0.2) is 0 Å². The first-order valence-corrected chi connectivity index (χ1v) is 4.15. The maximum Gasteiger partial charge on any atom is 0.342 e. The molecule has 1 unspecified atom stereocenters. The first-order chi connectivity index (χ1) is 4.02. The van der Waals surface area contributed by atoms with E-state index in [0.29, 0.717) is 0 Å². The Labute approximate surface area is 53.3 Å². The normalized spacial score (nSPS) is 14.4. The molecule has 0 heterocycles. The van der Waals surface area contributed by atoms with E-state index in [9.17, 15) is 4.57 Å². The molecule has 0 aromatic carbocycles. The molecule has 0 rings (SSSR count). The second kappa shape index (κ2) is 2.98. The molecular weight excluding hydrogens is 141 g/mol. The molecule has 4 nitrogen and oxygen atoms in total. The van der Waals surface area contributed by atoms with Crippen LogP contribution in [0.3, 0.4) is 0 Å². The zero-order valence-electron chi connectivity index (χ0n) is 4.98. The van der Waals surface area contributed by atoms with E-state index in [0.717, 1.165) is 0 Å². The Morgan fingerprint density at radius 2 is 2.22 bits per heavy atom. The fourth-order valence-electron chi connectivity index (χ4n) is 0.404. The van der Waals surface area contributed by atoms with Crippen molar-refractivity contribution in [1.82, 2.24) is 0 Å². The summed E-state index contributed by atoms with van der Waals surface area (Å²) in [7, 11) is -4.14. The van der Waals surface area contributed by atoms with Crippen molar-refractivity contribution in [3.8, 4) is 6.07 Å². The molecule has 0 aromatic rings. The van der Waals surface area contributed by atoms with Crippen molar-refractivity contribution in [3.63, 3.8) is 0 Å². The smallest absolute Gasteiger partial charge is 0.324 e. The molecule has 0 amide bonds. The summed E-state index contributed by atoms with van der Waals surface area (Å²) in [5.41, 5.74) is -1.13. The molecule has 2 N–H and O–H groups in total. The van der Waals surface area contributed by atoms with Crippen molar-refractivity contribution in [3.05, 3.63) is 0 Å². The van der Waals surface area contributed by atoms with E-state index in [-0.39, 0.29) is 6.42 Å². The SMILES string of the molecule is CCC(C#N)P(=O)(O)O. The van der Waals surface area contributed by atoms with E-state index < -0.39 is 13.3 Å². The average Bonchev–Trinajstić information content (AvgIpc) is 1.65. The Balaban J connectivity index is 4.18. The largest absolute Gasteiger partial charge is 0.342 e. The zero-order chi connectivity index (χ0) is 7.49. The highest BCUT2D eigenvalue weighted by Gasteiger charge is 2.25. The third-order valence-corrected chi connectivity index (χ3v) is 2.23. The molecule has 0 aliphatic rings. The quantitative estimate of drug-likeness (QED) is 0.559. The number of hydrogen-bond acceptors (Lipinski definition) is 2. The lowest BCUT2D eigenvalue weighted by Crippen LogP contribution is -2.02. The molecule has 0 spiro atoms. The van der Waals surface area contributed by atoms with Crippen LogP contribution in [0.4, 0.5) is 0 Å². The van der Waals surface area contributed by atoms with Crippen LogP contribution in [-0.2, 0) is 4.57 Å². The standard InChI is InChI=1S/C4H8NO3P/c1-2-4(3-5)9(6,7)8/h4H,2H2,1H3,(H2,6,7,8). The maximum absolute atomic E-state index is 10.3. The summed E-state index contributed by atoms with van der Waals surface area (Å²) in [5.74, 6) is 0. The predicted octanol–water partition coefficient (Wildman–Crippen LogP) is 0.466. The molecule has 0 aromatic heterocycles. The third kappa shape index (κ3) is 2.62. The molecule has 9 heavy (non-hydrogen) atoms. The van der Waals surface area contributed by atoms with Crippen LogP contribution in [-0.4, -0.2) is 15.4 Å². The highest BCUT2D eigenvalue weighted by atomic mass is 31.2. The van der Waals surface area contributed by atoms with Crippen molar-refractivity contribution in [2.24, 2.45) is 0 Å². The van der Waals surface area contributed by atoms with E-state index in [1.807, 2.05) is 0 Å².